The molecule has 0 aliphatic heterocycles. The highest BCUT2D eigenvalue weighted by Crippen LogP contribution is 2.27. The number of hydrogen-bond donors (Lipinski definition) is 13. The zero-order valence-electron chi connectivity index (χ0n) is 48.0. The highest BCUT2D eigenvalue weighted by atomic mass is 16.7. The van der Waals surface area contributed by atoms with Crippen molar-refractivity contribution in [2.45, 2.75) is 134 Å². The summed E-state index contributed by atoms with van der Waals surface area (Å²) in [6, 6.07) is 2.86. The average molecular weight is 1230 g/mol. The first-order chi connectivity index (χ1) is 41.7. The molecule has 0 saturated carbocycles. The van der Waals surface area contributed by atoms with Crippen LogP contribution in [0.25, 0.3) is 0 Å². The third kappa shape index (κ3) is 22.8. The molecule has 0 saturated heterocycles. The van der Waals surface area contributed by atoms with Gasteiger partial charge in [-0.1, -0.05) is 11.6 Å². The average Bonchev–Trinajstić information content (AvgIpc) is 3.38. The summed E-state index contributed by atoms with van der Waals surface area (Å²) >= 11 is 0. The van der Waals surface area contributed by atoms with Crippen molar-refractivity contribution in [2.24, 2.45) is 0 Å². The maximum Gasteiger partial charge on any atom is 0.272 e. The van der Waals surface area contributed by atoms with E-state index in [0.29, 0.717) is 50.5 Å². The number of nitrogens with one attached hydrogen (secondary N) is 5. The lowest BCUT2D eigenvalue weighted by atomic mass is 9.83. The Morgan fingerprint density at radius 1 is 0.609 bits per heavy atom. The fraction of sp³-hybridized carbons (Fsp3) is 0.556. The van der Waals surface area contributed by atoms with Crippen LogP contribution in [0.15, 0.2) is 57.4 Å². The topological polar surface area (TPSA) is 475 Å². The normalized spacial score (nSPS) is 12.8. The van der Waals surface area contributed by atoms with Crippen molar-refractivity contribution >= 4 is 42.1 Å². The Kier molecular flexibility index (Phi) is 30.5. The van der Waals surface area contributed by atoms with Gasteiger partial charge in [0.25, 0.3) is 17.7 Å². The molecule has 0 bridgehead atoms. The van der Waals surface area contributed by atoms with Crippen LogP contribution in [-0.2, 0) is 71.1 Å². The summed E-state index contributed by atoms with van der Waals surface area (Å²) in [5, 5.41) is 105. The number of aromatic hydroxyl groups is 3. The van der Waals surface area contributed by atoms with Crippen molar-refractivity contribution < 1.29 is 93.4 Å². The van der Waals surface area contributed by atoms with E-state index in [2.05, 4.69) is 36.9 Å². The lowest BCUT2D eigenvalue weighted by Gasteiger charge is -2.36. The number of amides is 5. The second-order valence-electron chi connectivity index (χ2n) is 19.9. The van der Waals surface area contributed by atoms with E-state index in [9.17, 15) is 88.8 Å². The number of aldehydes is 2. The quantitative estimate of drug-likeness (QED) is 0.0115. The van der Waals surface area contributed by atoms with Gasteiger partial charge in [0, 0.05) is 101 Å². The minimum atomic E-state index is -2.07. The standard InChI is InChI=1S/C54H77N11O22/c1-55-41(74)10-9-35-28-65(61-60-35)20-4-2-3-8-42(75)59-54(15-6-18-57-52(82)44-47(77)37(70)12-22-63(44)31-86-33-84-26-24-66,16-7-19-58-53(83)45-48(78)38(71)13-23-64(45)32-87-34-85-27-25-67)14-5-17-56-51(81)43-46(76)36(69)11-21-62(43)29-39(72)49(79)50(80)40(73)30-68/h11-13,21-25,28,39-40,49-50,68,72-73,76-80H,2-10,14-20,26-27,29-34H2,1H3,(H,55,74)(H,56,81)(H,57,82)(H,58,83)(H,59,75). The molecule has 0 aliphatic rings. The molecule has 0 aliphatic carbocycles. The largest absolute Gasteiger partial charge is 0.503 e. The number of aliphatic hydroxyl groups is 5. The van der Waals surface area contributed by atoms with Crippen LogP contribution < -0.4 is 42.9 Å². The fourth-order valence-electron chi connectivity index (χ4n) is 8.95. The molecule has 4 unspecified atom stereocenters. The van der Waals surface area contributed by atoms with Crippen LogP contribution in [0.1, 0.15) is 108 Å². The third-order valence-electron chi connectivity index (χ3n) is 13.5. The number of nitrogens with zero attached hydrogens (tertiary/aromatic N) is 6. The molecule has 0 fully saturated rings. The Labute approximate surface area is 496 Å². The third-order valence-corrected chi connectivity index (χ3v) is 13.5. The summed E-state index contributed by atoms with van der Waals surface area (Å²) in [5.74, 6) is -6.27. The first-order valence-corrected chi connectivity index (χ1v) is 27.7. The van der Waals surface area contributed by atoms with E-state index in [-0.39, 0.29) is 117 Å². The molecule has 4 rings (SSSR count). The van der Waals surface area contributed by atoms with Crippen molar-refractivity contribution in [3.63, 3.8) is 0 Å². The van der Waals surface area contributed by atoms with Crippen LogP contribution >= 0.6 is 0 Å². The van der Waals surface area contributed by atoms with Crippen molar-refractivity contribution in [1.29, 1.82) is 0 Å². The summed E-state index contributed by atoms with van der Waals surface area (Å²) in [5.41, 5.74) is -4.99. The molecule has 0 aromatic carbocycles. The molecule has 0 spiro atoms. The minimum absolute atomic E-state index is 0.00216. The van der Waals surface area contributed by atoms with E-state index in [1.165, 1.54) is 19.4 Å². The van der Waals surface area contributed by atoms with E-state index >= 15 is 0 Å². The zero-order chi connectivity index (χ0) is 63.9. The van der Waals surface area contributed by atoms with Gasteiger partial charge in [0.1, 0.15) is 77.2 Å². The van der Waals surface area contributed by atoms with Gasteiger partial charge in [0.05, 0.1) is 18.8 Å². The van der Waals surface area contributed by atoms with Crippen molar-refractivity contribution in [1.82, 2.24) is 55.3 Å². The summed E-state index contributed by atoms with van der Waals surface area (Å²) in [7, 11) is 1.53. The first-order valence-electron chi connectivity index (χ1n) is 27.7. The van der Waals surface area contributed by atoms with Crippen molar-refractivity contribution in [3.8, 4) is 17.2 Å². The molecule has 4 aromatic heterocycles. The Hall–Kier alpha value is -8.28. The van der Waals surface area contributed by atoms with E-state index in [1.807, 2.05) is 0 Å². The Morgan fingerprint density at radius 3 is 1.53 bits per heavy atom. The molecular weight excluding hydrogens is 1150 g/mol. The second-order valence-corrected chi connectivity index (χ2v) is 19.9. The van der Waals surface area contributed by atoms with Gasteiger partial charge in [-0.05, 0) is 51.4 Å². The summed E-state index contributed by atoms with van der Waals surface area (Å²) in [6.07, 6.45) is 0.797. The van der Waals surface area contributed by atoms with Gasteiger partial charge in [-0.25, -0.2) is 0 Å². The number of ether oxygens (including phenoxy) is 4. The molecule has 33 nitrogen and oxygen atoms in total. The monoisotopic (exact) mass is 1230 g/mol. The molecule has 0 radical (unpaired) electrons. The number of rotatable bonds is 43. The number of aromatic nitrogens is 6. The second kappa shape index (κ2) is 37.3. The molecule has 4 atom stereocenters. The van der Waals surface area contributed by atoms with E-state index < -0.39 is 117 Å². The Bertz CT molecular complexity index is 2970. The highest BCUT2D eigenvalue weighted by Gasteiger charge is 2.34. The van der Waals surface area contributed by atoms with Crippen molar-refractivity contribution in [2.75, 3.05) is 60.1 Å². The summed E-state index contributed by atoms with van der Waals surface area (Å²) in [4.78, 5) is 126. The SMILES string of the molecule is CNC(=O)CCc1cn(CCCCCC(=O)NC(CCCNC(=O)c2c(O)c(=O)ccn2COCOCC=O)(CCCNC(=O)c2c(O)c(=O)ccn2COCOCC=O)CCCNC(=O)c2c(O)c(=O)ccn2CC(O)C(O)C(O)C(O)CO)nn1. The number of aryl methyl sites for hydroxylation is 2. The molecule has 480 valence electrons. The van der Waals surface area contributed by atoms with Gasteiger partial charge in [-0.15, -0.1) is 5.10 Å². The van der Waals surface area contributed by atoms with Gasteiger partial charge >= 0.3 is 0 Å². The predicted molar refractivity (Wildman–Crippen MR) is 301 cm³/mol. The maximum absolute atomic E-state index is 14.1. The van der Waals surface area contributed by atoms with Crippen molar-refractivity contribution in [3.05, 3.63) is 96.4 Å². The summed E-state index contributed by atoms with van der Waals surface area (Å²) in [6.45, 7) is -3.81. The molecule has 5 amide bonds. The smallest absolute Gasteiger partial charge is 0.272 e. The lowest BCUT2D eigenvalue weighted by Crippen LogP contribution is -2.50. The van der Waals surface area contributed by atoms with Crippen LogP contribution in [0, 0.1) is 0 Å². The number of pyridine rings is 3. The maximum atomic E-state index is 14.1. The fourth-order valence-corrected chi connectivity index (χ4v) is 8.95. The molecule has 4 heterocycles. The summed E-state index contributed by atoms with van der Waals surface area (Å²) < 4.78 is 25.4. The van der Waals surface area contributed by atoms with Crippen LogP contribution in [0.2, 0.25) is 0 Å². The number of aliphatic hydroxyl groups excluding tert-OH is 5. The van der Waals surface area contributed by atoms with Gasteiger partial charge in [-0.2, -0.15) is 0 Å². The van der Waals surface area contributed by atoms with Crippen LogP contribution in [0.3, 0.4) is 0 Å². The van der Waals surface area contributed by atoms with E-state index in [0.717, 1.165) is 38.1 Å². The number of carbonyl (C=O) groups excluding carboxylic acids is 7. The molecular formula is C54H77N11O22. The molecule has 4 aromatic rings. The molecule has 33 heteroatoms. The number of hydrogen-bond acceptors (Lipinski definition) is 24. The van der Waals surface area contributed by atoms with Gasteiger partial charge in [0.2, 0.25) is 28.1 Å². The lowest BCUT2D eigenvalue weighted by molar-refractivity contribution is -0.123. The number of carbonyl (C=O) groups is 7. The first kappa shape index (κ1) is 71.2. The molecule has 13 N–H and O–H groups in total. The zero-order valence-corrected chi connectivity index (χ0v) is 48.0. The van der Waals surface area contributed by atoms with Crippen LogP contribution in [0.5, 0.6) is 17.2 Å². The predicted octanol–water partition coefficient (Wildman–Crippen LogP) is -3.67. The highest BCUT2D eigenvalue weighted by molar-refractivity contribution is 5.96. The Morgan fingerprint density at radius 2 is 1.07 bits per heavy atom. The van der Waals surface area contributed by atoms with E-state index in [4.69, 9.17) is 18.9 Å². The van der Waals surface area contributed by atoms with Gasteiger partial charge in [0.15, 0.2) is 34.3 Å². The Balaban J connectivity index is 1.62. The van der Waals surface area contributed by atoms with Crippen LogP contribution in [-0.4, -0.2) is 202 Å². The molecule has 87 heavy (non-hydrogen) atoms. The van der Waals surface area contributed by atoms with Gasteiger partial charge in [-0.3, -0.25) is 43.0 Å². The van der Waals surface area contributed by atoms with Gasteiger partial charge < -0.3 is 110 Å². The van der Waals surface area contributed by atoms with E-state index in [1.54, 1.807) is 10.9 Å². The minimum Gasteiger partial charge on any atom is -0.503 e. The van der Waals surface area contributed by atoms with Crippen LogP contribution in [0.4, 0.5) is 0 Å². The number of unbranched alkanes of at least 4 members (excludes halogenated alkanes) is 2.